The van der Waals surface area contributed by atoms with E-state index < -0.39 is 29.8 Å². The highest BCUT2D eigenvalue weighted by molar-refractivity contribution is 7.99. The van der Waals surface area contributed by atoms with Crippen LogP contribution in [-0.2, 0) is 14.4 Å². The lowest BCUT2D eigenvalue weighted by Gasteiger charge is -2.23. The summed E-state index contributed by atoms with van der Waals surface area (Å²) in [5.41, 5.74) is 0. The summed E-state index contributed by atoms with van der Waals surface area (Å²) >= 11 is 1.47. The van der Waals surface area contributed by atoms with Crippen molar-refractivity contribution in [1.29, 1.82) is 0 Å². The third kappa shape index (κ3) is 5.09. The molecule has 0 aromatic heterocycles. The van der Waals surface area contributed by atoms with Crippen LogP contribution in [0.3, 0.4) is 0 Å². The van der Waals surface area contributed by atoms with Crippen LogP contribution in [0.5, 0.6) is 5.75 Å². The van der Waals surface area contributed by atoms with E-state index in [0.29, 0.717) is 18.1 Å². The molecule has 0 spiro atoms. The largest absolute Gasteiger partial charge is 0.478 e. The first-order valence-corrected chi connectivity index (χ1v) is 8.87. The van der Waals surface area contributed by atoms with Crippen LogP contribution in [-0.4, -0.2) is 58.1 Å². The minimum Gasteiger partial charge on any atom is -0.478 e. The van der Waals surface area contributed by atoms with Crippen molar-refractivity contribution in [2.75, 3.05) is 18.2 Å². The molecule has 136 valence electrons. The second-order valence-electron chi connectivity index (χ2n) is 5.38. The summed E-state index contributed by atoms with van der Waals surface area (Å²) in [6, 6.07) is 4.30. The normalized spacial score (nSPS) is 17.8. The maximum absolute atomic E-state index is 12.9. The molecule has 2 amide bonds. The molecule has 0 radical (unpaired) electrons. The number of aliphatic carboxylic acids is 1. The first-order chi connectivity index (χ1) is 11.9. The molecule has 1 fully saturated rings. The monoisotopic (exact) mass is 370 g/mol. The summed E-state index contributed by atoms with van der Waals surface area (Å²) in [5, 5.41) is 11.7. The van der Waals surface area contributed by atoms with E-state index in [1.54, 1.807) is 6.92 Å². The number of carbonyl (C=O) groups excluding carboxylic acids is 2. The van der Waals surface area contributed by atoms with Gasteiger partial charge in [0.15, 0.2) is 0 Å². The van der Waals surface area contributed by atoms with Crippen LogP contribution in [0.1, 0.15) is 13.3 Å². The molecule has 2 atom stereocenters. The molecule has 0 saturated carbocycles. The lowest BCUT2D eigenvalue weighted by atomic mass is 10.2. The Labute approximate surface area is 148 Å². The minimum atomic E-state index is -1.32. The molecule has 1 saturated heterocycles. The predicted octanol–water partition coefficient (Wildman–Crippen LogP) is 1.09. The number of rotatable bonds is 7. The number of halogens is 1. The van der Waals surface area contributed by atoms with Gasteiger partial charge in [-0.25, -0.2) is 9.18 Å². The van der Waals surface area contributed by atoms with Crippen LogP contribution in [0.15, 0.2) is 24.3 Å². The highest BCUT2D eigenvalue weighted by atomic mass is 32.2. The Morgan fingerprint density at radius 3 is 2.68 bits per heavy atom. The maximum atomic E-state index is 12.9. The summed E-state index contributed by atoms with van der Waals surface area (Å²) in [7, 11) is 0. The van der Waals surface area contributed by atoms with Crippen molar-refractivity contribution in [3.05, 3.63) is 30.1 Å². The number of amides is 2. The second-order valence-corrected chi connectivity index (χ2v) is 6.38. The quantitative estimate of drug-likeness (QED) is 0.746. The van der Waals surface area contributed by atoms with Gasteiger partial charge in [0.05, 0.1) is 12.4 Å². The molecule has 0 bridgehead atoms. The van der Waals surface area contributed by atoms with Crippen molar-refractivity contribution >= 4 is 29.5 Å². The molecule has 9 heteroatoms. The first-order valence-electron chi connectivity index (χ1n) is 7.72. The van der Waals surface area contributed by atoms with Crippen molar-refractivity contribution in [3.63, 3.8) is 0 Å². The Balaban J connectivity index is 1.94. The minimum absolute atomic E-state index is 0.123. The molecule has 0 aliphatic carbocycles. The number of benzene rings is 1. The number of carboxylic acid groups (broad SMARTS) is 1. The molecule has 1 aliphatic rings. The fourth-order valence-electron chi connectivity index (χ4n) is 2.28. The molecule has 25 heavy (non-hydrogen) atoms. The zero-order chi connectivity index (χ0) is 18.4. The molecule has 2 rings (SSSR count). The standard InChI is InChI=1S/C16H19FN2O5S/c1-2-14(20)19-9-25-8-12(19)15(21)18-7-13(16(22)23)24-11-5-3-10(17)4-6-11/h3-6,12-13H,2,7-9H2,1H3,(H,18,21)(H,22,23). The van der Waals surface area contributed by atoms with Crippen LogP contribution >= 0.6 is 11.8 Å². The molecular formula is C16H19FN2O5S. The summed E-state index contributed by atoms with van der Waals surface area (Å²) in [6.07, 6.45) is -1.02. The van der Waals surface area contributed by atoms with Gasteiger partial charge in [-0.1, -0.05) is 6.92 Å². The Bertz CT molecular complexity index is 640. The zero-order valence-electron chi connectivity index (χ0n) is 13.6. The van der Waals surface area contributed by atoms with Crippen LogP contribution < -0.4 is 10.1 Å². The third-order valence-electron chi connectivity index (χ3n) is 3.64. The van der Waals surface area contributed by atoms with Gasteiger partial charge in [-0.2, -0.15) is 0 Å². The van der Waals surface area contributed by atoms with Gasteiger partial charge in [-0.15, -0.1) is 11.8 Å². The molecule has 1 aromatic carbocycles. The van der Waals surface area contributed by atoms with Gasteiger partial charge < -0.3 is 20.1 Å². The van der Waals surface area contributed by atoms with Gasteiger partial charge in [0.25, 0.3) is 0 Å². The summed E-state index contributed by atoms with van der Waals surface area (Å²) in [5.74, 6) is -1.17. The van der Waals surface area contributed by atoms with Gasteiger partial charge in [-0.3, -0.25) is 9.59 Å². The summed E-state index contributed by atoms with van der Waals surface area (Å²) < 4.78 is 18.2. The number of thioether (sulfide) groups is 1. The smallest absolute Gasteiger partial charge is 0.346 e. The lowest BCUT2D eigenvalue weighted by Crippen LogP contribution is -2.50. The number of ether oxygens (including phenoxy) is 1. The fourth-order valence-corrected chi connectivity index (χ4v) is 3.46. The number of hydrogen-bond donors (Lipinski definition) is 2. The number of nitrogens with zero attached hydrogens (tertiary/aromatic N) is 1. The van der Waals surface area contributed by atoms with E-state index in [4.69, 9.17) is 4.74 Å². The Hall–Kier alpha value is -2.29. The SMILES string of the molecule is CCC(=O)N1CSCC1C(=O)NCC(Oc1ccc(F)cc1)C(=O)O. The van der Waals surface area contributed by atoms with E-state index in [0.717, 1.165) is 12.1 Å². The van der Waals surface area contributed by atoms with Gasteiger partial charge in [-0.05, 0) is 24.3 Å². The molecular weight excluding hydrogens is 351 g/mol. The average molecular weight is 370 g/mol. The molecule has 2 unspecified atom stereocenters. The average Bonchev–Trinajstić information content (AvgIpc) is 3.08. The Morgan fingerprint density at radius 1 is 1.40 bits per heavy atom. The van der Waals surface area contributed by atoms with Crippen molar-refractivity contribution in [1.82, 2.24) is 10.2 Å². The van der Waals surface area contributed by atoms with Gasteiger partial charge in [0.2, 0.25) is 17.9 Å². The first kappa shape index (κ1) is 19.0. The number of carbonyl (C=O) groups is 3. The van der Waals surface area contributed by atoms with Crippen molar-refractivity contribution < 1.29 is 28.6 Å². The molecule has 1 aromatic rings. The fraction of sp³-hybridized carbons (Fsp3) is 0.438. The molecule has 1 aliphatic heterocycles. The zero-order valence-corrected chi connectivity index (χ0v) is 14.4. The number of hydrogen-bond acceptors (Lipinski definition) is 5. The molecule has 2 N–H and O–H groups in total. The second kappa shape index (κ2) is 8.70. The van der Waals surface area contributed by atoms with E-state index >= 15 is 0 Å². The summed E-state index contributed by atoms with van der Waals surface area (Å²) in [4.78, 5) is 36.9. The Morgan fingerprint density at radius 2 is 2.08 bits per heavy atom. The Kier molecular flexibility index (Phi) is 6.63. The van der Waals surface area contributed by atoms with E-state index in [9.17, 15) is 23.9 Å². The van der Waals surface area contributed by atoms with Crippen molar-refractivity contribution in [3.8, 4) is 5.75 Å². The van der Waals surface area contributed by atoms with Crippen LogP contribution in [0.25, 0.3) is 0 Å². The molecule has 7 nitrogen and oxygen atoms in total. The van der Waals surface area contributed by atoms with Gasteiger partial charge in [0, 0.05) is 12.2 Å². The van der Waals surface area contributed by atoms with Gasteiger partial charge >= 0.3 is 5.97 Å². The summed E-state index contributed by atoms with van der Waals surface area (Å²) in [6.45, 7) is 1.46. The third-order valence-corrected chi connectivity index (χ3v) is 4.65. The predicted molar refractivity (Wildman–Crippen MR) is 89.7 cm³/mol. The van der Waals surface area contributed by atoms with E-state index in [1.165, 1.54) is 28.8 Å². The van der Waals surface area contributed by atoms with E-state index in [-0.39, 0.29) is 18.2 Å². The van der Waals surface area contributed by atoms with E-state index in [1.807, 2.05) is 0 Å². The highest BCUT2D eigenvalue weighted by Crippen LogP contribution is 2.21. The van der Waals surface area contributed by atoms with Crippen LogP contribution in [0, 0.1) is 5.82 Å². The van der Waals surface area contributed by atoms with Crippen molar-refractivity contribution in [2.45, 2.75) is 25.5 Å². The van der Waals surface area contributed by atoms with Gasteiger partial charge in [0.1, 0.15) is 17.6 Å². The highest BCUT2D eigenvalue weighted by Gasteiger charge is 2.34. The maximum Gasteiger partial charge on any atom is 0.346 e. The topological polar surface area (TPSA) is 95.9 Å². The van der Waals surface area contributed by atoms with Crippen LogP contribution in [0.4, 0.5) is 4.39 Å². The number of nitrogens with one attached hydrogen (secondary N) is 1. The number of carboxylic acids is 1. The van der Waals surface area contributed by atoms with E-state index in [2.05, 4.69) is 5.32 Å². The molecule has 1 heterocycles. The van der Waals surface area contributed by atoms with Crippen molar-refractivity contribution in [2.24, 2.45) is 0 Å². The lowest BCUT2D eigenvalue weighted by molar-refractivity contribution is -0.145. The van der Waals surface area contributed by atoms with Crippen LogP contribution in [0.2, 0.25) is 0 Å².